The van der Waals surface area contributed by atoms with Crippen LogP contribution in [0, 0.1) is 17.8 Å². The molecule has 3 N–H and O–H groups in total. The fourth-order valence-electron chi connectivity index (χ4n) is 8.86. The molecular formula is C46H47F6NO6Si. The van der Waals surface area contributed by atoms with Crippen LogP contribution in [-0.4, -0.2) is 54.8 Å². The Labute approximate surface area is 345 Å². The molecule has 1 fully saturated rings. The van der Waals surface area contributed by atoms with E-state index in [1.807, 2.05) is 73.7 Å². The van der Waals surface area contributed by atoms with Gasteiger partial charge in [0, 0.05) is 5.92 Å². The number of carbonyl (C=O) groups excluding carboxylic acids is 2. The second kappa shape index (κ2) is 17.2. The number of aliphatic hydroxyl groups excluding tert-OH is 2. The molecule has 0 aromatic heterocycles. The van der Waals surface area contributed by atoms with Gasteiger partial charge in [0.15, 0.2) is 0 Å². The molecule has 2 amide bonds. The normalized spacial score (nSPS) is 19.8. The number of aromatic hydroxyl groups is 1. The fourth-order valence-corrected chi connectivity index (χ4v) is 13.4. The molecule has 7 nitrogen and oxygen atoms in total. The maximum absolute atomic E-state index is 14.3. The molecule has 0 radical (unpaired) electrons. The van der Waals surface area contributed by atoms with Crippen LogP contribution < -0.4 is 15.3 Å². The third-order valence-corrected chi connectivity index (χ3v) is 16.5. The molecule has 318 valence electrons. The Kier molecular flexibility index (Phi) is 12.7. The van der Waals surface area contributed by atoms with Crippen LogP contribution in [0.5, 0.6) is 5.75 Å². The zero-order chi connectivity index (χ0) is 43.8. The van der Waals surface area contributed by atoms with Crippen molar-refractivity contribution in [2.75, 3.05) is 18.1 Å². The van der Waals surface area contributed by atoms with Gasteiger partial charge in [-0.15, -0.1) is 0 Å². The number of rotatable bonds is 12. The number of phenols is 1. The molecule has 60 heavy (non-hydrogen) atoms. The molecule has 4 atom stereocenters. The lowest BCUT2D eigenvalue weighted by Crippen LogP contribution is -2.66. The SMILES string of the molecule is C/C(=C\c1cccc(O)c1)CC[C@@H](O)C1=C(CO[Si](c2ccccc2)(c2ccccc2)C(C)(C)C)C[C@H]2C(=O)N(c3cc(C(F)(F)F)cc(C(F)(F)F)c3)C(=O)[C@H]2[C@H]1CO. The summed E-state index contributed by atoms with van der Waals surface area (Å²) in [5.41, 5.74) is -2.08. The number of fused-ring (bicyclic) bond motifs is 1. The van der Waals surface area contributed by atoms with Gasteiger partial charge in [-0.25, -0.2) is 4.90 Å². The first-order valence-corrected chi connectivity index (χ1v) is 21.5. The standard InChI is InChI=1S/C46H47F6NO6Si/c1-28(20-29-12-11-13-34(55)21-29)18-19-39(56)40-30(27-59-60(44(2,3)4,35-14-7-5-8-15-35)36-16-9-6-10-17-36)22-37-41(38(40)26-54)43(58)53(42(37)57)33-24-31(45(47,48)49)23-32(25-33)46(50,51)52/h5-17,20-21,23-25,37-39,41,54-56H,18-19,22,26-27H2,1-4H3/b28-20+/t37-,38+,39-,41-/m1/s1. The molecular weight excluding hydrogens is 805 g/mol. The highest BCUT2D eigenvalue weighted by Crippen LogP contribution is 2.49. The third kappa shape index (κ3) is 8.88. The number of halogens is 6. The van der Waals surface area contributed by atoms with E-state index in [0.29, 0.717) is 34.6 Å². The van der Waals surface area contributed by atoms with E-state index >= 15 is 0 Å². The predicted octanol–water partition coefficient (Wildman–Crippen LogP) is 8.67. The number of anilines is 1. The monoisotopic (exact) mass is 851 g/mol. The lowest BCUT2D eigenvalue weighted by molar-refractivity contribution is -0.143. The quantitative estimate of drug-likeness (QED) is 0.0571. The lowest BCUT2D eigenvalue weighted by Gasteiger charge is -2.44. The summed E-state index contributed by atoms with van der Waals surface area (Å²) in [4.78, 5) is 29.0. The van der Waals surface area contributed by atoms with Crippen LogP contribution in [0.1, 0.15) is 63.6 Å². The molecule has 14 heteroatoms. The van der Waals surface area contributed by atoms with Crippen molar-refractivity contribution in [1.82, 2.24) is 0 Å². The van der Waals surface area contributed by atoms with Gasteiger partial charge in [-0.05, 0) is 88.6 Å². The van der Waals surface area contributed by atoms with Gasteiger partial charge < -0.3 is 19.7 Å². The first kappa shape index (κ1) is 44.5. The van der Waals surface area contributed by atoms with Crippen molar-refractivity contribution >= 4 is 42.3 Å². The van der Waals surface area contributed by atoms with Crippen LogP contribution in [0.3, 0.4) is 0 Å². The second-order valence-electron chi connectivity index (χ2n) is 16.6. The van der Waals surface area contributed by atoms with Gasteiger partial charge in [-0.1, -0.05) is 105 Å². The van der Waals surface area contributed by atoms with Crippen molar-refractivity contribution in [3.63, 3.8) is 0 Å². The summed E-state index contributed by atoms with van der Waals surface area (Å²) in [5.74, 6) is -5.96. The van der Waals surface area contributed by atoms with Crippen LogP contribution in [0.4, 0.5) is 32.0 Å². The summed E-state index contributed by atoms with van der Waals surface area (Å²) in [6.45, 7) is 7.07. The van der Waals surface area contributed by atoms with E-state index in [-0.39, 0.29) is 36.8 Å². The Bertz CT molecular complexity index is 2200. The molecule has 0 spiro atoms. The van der Waals surface area contributed by atoms with E-state index in [1.165, 1.54) is 6.07 Å². The molecule has 1 saturated heterocycles. The van der Waals surface area contributed by atoms with E-state index in [0.717, 1.165) is 15.9 Å². The number of phenolic OH excluding ortho intramolecular Hbond substituents is 1. The van der Waals surface area contributed by atoms with Crippen molar-refractivity contribution in [2.24, 2.45) is 17.8 Å². The second-order valence-corrected chi connectivity index (χ2v) is 20.9. The molecule has 2 aliphatic rings. The number of alkyl halides is 6. The van der Waals surface area contributed by atoms with Crippen molar-refractivity contribution in [3.8, 4) is 5.75 Å². The van der Waals surface area contributed by atoms with Crippen LogP contribution in [0.25, 0.3) is 6.08 Å². The van der Waals surface area contributed by atoms with Crippen LogP contribution in [0.2, 0.25) is 5.04 Å². The Balaban J connectivity index is 1.45. The Morgan fingerprint density at radius 3 is 1.90 bits per heavy atom. The maximum atomic E-state index is 14.3. The van der Waals surface area contributed by atoms with Crippen molar-refractivity contribution in [3.05, 3.63) is 137 Å². The van der Waals surface area contributed by atoms with E-state index in [9.17, 15) is 51.3 Å². The highest BCUT2D eigenvalue weighted by molar-refractivity contribution is 6.99. The van der Waals surface area contributed by atoms with E-state index in [1.54, 1.807) is 18.2 Å². The van der Waals surface area contributed by atoms with E-state index in [4.69, 9.17) is 4.43 Å². The minimum absolute atomic E-state index is 0.0689. The maximum Gasteiger partial charge on any atom is 0.416 e. The molecule has 1 aliphatic heterocycles. The van der Waals surface area contributed by atoms with Gasteiger partial charge in [-0.3, -0.25) is 9.59 Å². The molecule has 0 bridgehead atoms. The minimum atomic E-state index is -5.24. The largest absolute Gasteiger partial charge is 0.508 e. The fraction of sp³-hybridized carbons (Fsp3) is 0.348. The van der Waals surface area contributed by atoms with Gasteiger partial charge in [-0.2, -0.15) is 26.3 Å². The number of hydrogen-bond acceptors (Lipinski definition) is 6. The number of carbonyl (C=O) groups is 2. The van der Waals surface area contributed by atoms with Crippen LogP contribution in [0.15, 0.2) is 120 Å². The Morgan fingerprint density at radius 2 is 1.40 bits per heavy atom. The van der Waals surface area contributed by atoms with Gasteiger partial charge >= 0.3 is 12.4 Å². The van der Waals surface area contributed by atoms with Crippen molar-refractivity contribution < 1.29 is 55.7 Å². The number of benzene rings is 4. The average Bonchev–Trinajstić information content (AvgIpc) is 3.44. The number of amides is 2. The Hall–Kier alpha value is -5.02. The highest BCUT2D eigenvalue weighted by atomic mass is 28.4. The number of allylic oxidation sites excluding steroid dienone is 1. The molecule has 6 rings (SSSR count). The van der Waals surface area contributed by atoms with Gasteiger partial charge in [0.1, 0.15) is 5.75 Å². The lowest BCUT2D eigenvalue weighted by atomic mass is 9.68. The number of hydrogen-bond donors (Lipinski definition) is 3. The van der Waals surface area contributed by atoms with E-state index < -0.39 is 84.8 Å². The van der Waals surface area contributed by atoms with Gasteiger partial charge in [0.25, 0.3) is 8.32 Å². The molecule has 4 aromatic rings. The Morgan fingerprint density at radius 1 is 0.833 bits per heavy atom. The summed E-state index contributed by atoms with van der Waals surface area (Å²) < 4.78 is 90.9. The smallest absolute Gasteiger partial charge is 0.416 e. The number of imide groups is 1. The number of nitrogens with zero attached hydrogens (tertiary/aromatic N) is 1. The van der Waals surface area contributed by atoms with Crippen LogP contribution >= 0.6 is 0 Å². The average molecular weight is 852 g/mol. The number of aliphatic hydroxyl groups is 2. The highest BCUT2D eigenvalue weighted by Gasteiger charge is 2.57. The molecule has 4 aromatic carbocycles. The zero-order valence-electron chi connectivity index (χ0n) is 33.5. The summed E-state index contributed by atoms with van der Waals surface area (Å²) in [6, 6.07) is 26.5. The molecule has 1 heterocycles. The van der Waals surface area contributed by atoms with E-state index in [2.05, 4.69) is 20.8 Å². The summed E-state index contributed by atoms with van der Waals surface area (Å²) in [5, 5.41) is 34.4. The third-order valence-electron chi connectivity index (χ3n) is 11.5. The first-order valence-electron chi connectivity index (χ1n) is 19.6. The summed E-state index contributed by atoms with van der Waals surface area (Å²) in [6.07, 6.45) is -9.76. The summed E-state index contributed by atoms with van der Waals surface area (Å²) >= 11 is 0. The molecule has 0 unspecified atom stereocenters. The molecule has 0 saturated carbocycles. The topological polar surface area (TPSA) is 107 Å². The van der Waals surface area contributed by atoms with Crippen LogP contribution in [-0.2, 0) is 26.4 Å². The summed E-state index contributed by atoms with van der Waals surface area (Å²) in [7, 11) is -3.28. The molecule has 1 aliphatic carbocycles. The first-order chi connectivity index (χ1) is 28.2. The predicted molar refractivity (Wildman–Crippen MR) is 219 cm³/mol. The van der Waals surface area contributed by atoms with Crippen molar-refractivity contribution in [2.45, 2.75) is 70.5 Å². The van der Waals surface area contributed by atoms with Crippen molar-refractivity contribution in [1.29, 1.82) is 0 Å². The van der Waals surface area contributed by atoms with Gasteiger partial charge in [0.2, 0.25) is 11.8 Å². The minimum Gasteiger partial charge on any atom is -0.508 e. The van der Waals surface area contributed by atoms with Gasteiger partial charge in [0.05, 0.1) is 48.0 Å². The zero-order valence-corrected chi connectivity index (χ0v) is 34.5.